The van der Waals surface area contributed by atoms with Crippen molar-refractivity contribution >= 4 is 11.3 Å². The molecule has 0 spiro atoms. The summed E-state index contributed by atoms with van der Waals surface area (Å²) in [5, 5.41) is 12.2. The SMILES string of the molecule is N#Cc1ccc(CNCC2CCOCC2)s1. The summed E-state index contributed by atoms with van der Waals surface area (Å²) >= 11 is 1.57. The Morgan fingerprint density at radius 1 is 1.44 bits per heavy atom. The van der Waals surface area contributed by atoms with Gasteiger partial charge >= 0.3 is 0 Å². The van der Waals surface area contributed by atoms with Crippen molar-refractivity contribution in [1.82, 2.24) is 5.32 Å². The first-order valence-corrected chi connectivity index (χ1v) is 6.47. The summed E-state index contributed by atoms with van der Waals surface area (Å²) in [4.78, 5) is 2.03. The lowest BCUT2D eigenvalue weighted by molar-refractivity contribution is 0.0662. The Hall–Kier alpha value is -0.890. The van der Waals surface area contributed by atoms with E-state index in [-0.39, 0.29) is 0 Å². The van der Waals surface area contributed by atoms with Crippen molar-refractivity contribution in [2.45, 2.75) is 19.4 Å². The molecule has 1 aliphatic heterocycles. The summed E-state index contributed by atoms with van der Waals surface area (Å²) in [5.74, 6) is 0.754. The number of nitrogens with one attached hydrogen (secondary N) is 1. The third-order valence-electron chi connectivity index (χ3n) is 2.84. The fourth-order valence-electron chi connectivity index (χ4n) is 1.88. The van der Waals surface area contributed by atoms with Crippen LogP contribution in [0.2, 0.25) is 0 Å². The number of hydrogen-bond acceptors (Lipinski definition) is 4. The summed E-state index contributed by atoms with van der Waals surface area (Å²) in [6.07, 6.45) is 2.34. The molecule has 1 aromatic heterocycles. The zero-order chi connectivity index (χ0) is 11.2. The lowest BCUT2D eigenvalue weighted by Gasteiger charge is -2.22. The number of thiophene rings is 1. The topological polar surface area (TPSA) is 45.0 Å². The summed E-state index contributed by atoms with van der Waals surface area (Å²) in [6.45, 7) is 3.75. The highest BCUT2D eigenvalue weighted by molar-refractivity contribution is 7.12. The van der Waals surface area contributed by atoms with Crippen LogP contribution in [0.3, 0.4) is 0 Å². The second-order valence-electron chi connectivity index (χ2n) is 4.06. The number of ether oxygens (including phenoxy) is 1. The second kappa shape index (κ2) is 6.00. The largest absolute Gasteiger partial charge is 0.381 e. The summed E-state index contributed by atoms with van der Waals surface area (Å²) in [6, 6.07) is 6.07. The van der Waals surface area contributed by atoms with E-state index in [2.05, 4.69) is 11.4 Å². The molecule has 0 aromatic carbocycles. The molecule has 0 unspecified atom stereocenters. The maximum Gasteiger partial charge on any atom is 0.110 e. The van der Waals surface area contributed by atoms with Gasteiger partial charge in [-0.2, -0.15) is 5.26 Å². The van der Waals surface area contributed by atoms with Crippen LogP contribution in [0.15, 0.2) is 12.1 Å². The lowest BCUT2D eigenvalue weighted by Crippen LogP contribution is -2.27. The maximum absolute atomic E-state index is 8.71. The van der Waals surface area contributed by atoms with E-state index in [1.54, 1.807) is 11.3 Å². The molecule has 0 aliphatic carbocycles. The van der Waals surface area contributed by atoms with Gasteiger partial charge in [0.25, 0.3) is 0 Å². The van der Waals surface area contributed by atoms with Gasteiger partial charge in [0, 0.05) is 24.6 Å². The van der Waals surface area contributed by atoms with E-state index in [0.717, 1.165) is 37.1 Å². The minimum atomic E-state index is 0.754. The Labute approximate surface area is 100 Å². The Morgan fingerprint density at radius 3 is 2.94 bits per heavy atom. The quantitative estimate of drug-likeness (QED) is 0.871. The molecule has 0 bridgehead atoms. The first-order chi connectivity index (χ1) is 7.88. The van der Waals surface area contributed by atoms with Crippen LogP contribution >= 0.6 is 11.3 Å². The molecule has 3 nitrogen and oxygen atoms in total. The van der Waals surface area contributed by atoms with E-state index in [4.69, 9.17) is 10.00 Å². The predicted octanol–water partition coefficient (Wildman–Crippen LogP) is 2.14. The maximum atomic E-state index is 8.71. The zero-order valence-corrected chi connectivity index (χ0v) is 10.1. The van der Waals surface area contributed by atoms with Gasteiger partial charge in [-0.15, -0.1) is 11.3 Å². The van der Waals surface area contributed by atoms with Crippen LogP contribution in [0.5, 0.6) is 0 Å². The summed E-state index contributed by atoms with van der Waals surface area (Å²) in [7, 11) is 0. The lowest BCUT2D eigenvalue weighted by atomic mass is 10.0. The molecular formula is C12H16N2OS. The van der Waals surface area contributed by atoms with E-state index < -0.39 is 0 Å². The van der Waals surface area contributed by atoms with Crippen molar-refractivity contribution in [3.05, 3.63) is 21.9 Å². The van der Waals surface area contributed by atoms with E-state index in [9.17, 15) is 0 Å². The number of hydrogen-bond donors (Lipinski definition) is 1. The van der Waals surface area contributed by atoms with E-state index in [0.29, 0.717) is 0 Å². The molecule has 0 saturated carbocycles. The fourth-order valence-corrected chi connectivity index (χ4v) is 2.66. The Morgan fingerprint density at radius 2 is 2.25 bits per heavy atom. The standard InChI is InChI=1S/C12H16N2OS/c13-7-11-1-2-12(16-11)9-14-8-10-3-5-15-6-4-10/h1-2,10,14H,3-6,8-9H2. The van der Waals surface area contributed by atoms with Gasteiger partial charge in [0.1, 0.15) is 10.9 Å². The summed E-state index contributed by atoms with van der Waals surface area (Å²) in [5.41, 5.74) is 0. The number of nitriles is 1. The smallest absolute Gasteiger partial charge is 0.110 e. The normalized spacial score (nSPS) is 17.2. The average Bonchev–Trinajstić information content (AvgIpc) is 2.78. The van der Waals surface area contributed by atoms with Crippen LogP contribution in [0, 0.1) is 17.2 Å². The van der Waals surface area contributed by atoms with Gasteiger partial charge < -0.3 is 10.1 Å². The minimum absolute atomic E-state index is 0.754. The zero-order valence-electron chi connectivity index (χ0n) is 9.24. The minimum Gasteiger partial charge on any atom is -0.381 e. The van der Waals surface area contributed by atoms with Crippen LogP contribution in [-0.4, -0.2) is 19.8 Å². The predicted molar refractivity (Wildman–Crippen MR) is 64.3 cm³/mol. The number of rotatable bonds is 4. The van der Waals surface area contributed by atoms with Gasteiger partial charge in [-0.25, -0.2) is 0 Å². The molecule has 0 amide bonds. The molecule has 1 aliphatic rings. The second-order valence-corrected chi connectivity index (χ2v) is 5.23. The van der Waals surface area contributed by atoms with E-state index in [1.165, 1.54) is 17.7 Å². The van der Waals surface area contributed by atoms with Crippen LogP contribution in [0.4, 0.5) is 0 Å². The highest BCUT2D eigenvalue weighted by Gasteiger charge is 2.12. The van der Waals surface area contributed by atoms with Crippen LogP contribution < -0.4 is 5.32 Å². The van der Waals surface area contributed by atoms with Crippen molar-refractivity contribution in [3.8, 4) is 6.07 Å². The molecule has 1 N–H and O–H groups in total. The Kier molecular flexibility index (Phi) is 4.34. The number of nitrogens with zero attached hydrogens (tertiary/aromatic N) is 1. The van der Waals surface area contributed by atoms with Crippen molar-refractivity contribution in [3.63, 3.8) is 0 Å². The molecule has 86 valence electrons. The van der Waals surface area contributed by atoms with Crippen molar-refractivity contribution in [2.24, 2.45) is 5.92 Å². The molecule has 0 atom stereocenters. The van der Waals surface area contributed by atoms with Gasteiger partial charge in [-0.1, -0.05) is 0 Å². The third kappa shape index (κ3) is 3.31. The first kappa shape index (κ1) is 11.6. The highest BCUT2D eigenvalue weighted by atomic mass is 32.1. The van der Waals surface area contributed by atoms with Crippen LogP contribution in [0.1, 0.15) is 22.6 Å². The van der Waals surface area contributed by atoms with Crippen molar-refractivity contribution in [1.29, 1.82) is 5.26 Å². The van der Waals surface area contributed by atoms with E-state index in [1.807, 2.05) is 12.1 Å². The molecule has 1 aromatic rings. The van der Waals surface area contributed by atoms with Gasteiger partial charge in [0.05, 0.1) is 0 Å². The molecule has 4 heteroatoms. The Balaban J connectivity index is 1.69. The third-order valence-corrected chi connectivity index (χ3v) is 3.83. The average molecular weight is 236 g/mol. The van der Waals surface area contributed by atoms with Crippen LogP contribution in [-0.2, 0) is 11.3 Å². The molecule has 2 heterocycles. The first-order valence-electron chi connectivity index (χ1n) is 5.66. The van der Waals surface area contributed by atoms with Gasteiger partial charge in [0.2, 0.25) is 0 Å². The Bertz CT molecular complexity index is 363. The van der Waals surface area contributed by atoms with Crippen molar-refractivity contribution in [2.75, 3.05) is 19.8 Å². The molecule has 0 radical (unpaired) electrons. The van der Waals surface area contributed by atoms with Crippen LogP contribution in [0.25, 0.3) is 0 Å². The summed E-state index contributed by atoms with van der Waals surface area (Å²) < 4.78 is 5.32. The molecule has 16 heavy (non-hydrogen) atoms. The van der Waals surface area contributed by atoms with Gasteiger partial charge in [-0.05, 0) is 37.4 Å². The van der Waals surface area contributed by atoms with Gasteiger partial charge in [-0.3, -0.25) is 0 Å². The molecular weight excluding hydrogens is 220 g/mol. The van der Waals surface area contributed by atoms with Gasteiger partial charge in [0.15, 0.2) is 0 Å². The molecule has 1 saturated heterocycles. The highest BCUT2D eigenvalue weighted by Crippen LogP contribution is 2.16. The monoisotopic (exact) mass is 236 g/mol. The molecule has 1 fully saturated rings. The van der Waals surface area contributed by atoms with Crippen molar-refractivity contribution < 1.29 is 4.74 Å². The fraction of sp³-hybridized carbons (Fsp3) is 0.583. The molecule has 2 rings (SSSR count). The van der Waals surface area contributed by atoms with E-state index >= 15 is 0 Å².